The summed E-state index contributed by atoms with van der Waals surface area (Å²) in [6, 6.07) is 18.0. The van der Waals surface area contributed by atoms with Crippen LogP contribution in [0.15, 0.2) is 63.9 Å². The van der Waals surface area contributed by atoms with Gasteiger partial charge in [0.25, 0.3) is 0 Å². The molecule has 0 fully saturated rings. The van der Waals surface area contributed by atoms with Gasteiger partial charge in [0.05, 0.1) is 0 Å². The number of ether oxygens (including phenoxy) is 2. The van der Waals surface area contributed by atoms with Crippen LogP contribution in [-0.4, -0.2) is 35.7 Å². The molecule has 2 rings (SSSR count). The number of halogens is 3. The Labute approximate surface area is 180 Å². The number of rotatable bonds is 8. The average Bonchev–Trinajstić information content (AvgIpc) is 2.72. The fourth-order valence-electron chi connectivity index (χ4n) is 2.28. The molecule has 0 saturated heterocycles. The van der Waals surface area contributed by atoms with Gasteiger partial charge in [-0.15, -0.1) is 0 Å². The van der Waals surface area contributed by atoms with Gasteiger partial charge < -0.3 is 0 Å². The quantitative estimate of drug-likeness (QED) is 0.156. The molecule has 8 heteroatoms. The van der Waals surface area contributed by atoms with Crippen molar-refractivity contribution in [2.75, 3.05) is 13.2 Å². The number of benzene rings is 2. The summed E-state index contributed by atoms with van der Waals surface area (Å²) in [6.07, 6.45) is 0. The predicted molar refractivity (Wildman–Crippen MR) is 120 cm³/mol. The van der Waals surface area contributed by atoms with E-state index < -0.39 is 35.8 Å². The minimum atomic E-state index is -2.65. The number of hydrogen-bond acceptors (Lipinski definition) is 5. The first kappa shape index (κ1) is 22.6. The number of esters is 2. The van der Waals surface area contributed by atoms with Crippen molar-refractivity contribution in [3.8, 4) is 0 Å². The van der Waals surface area contributed by atoms with Crippen LogP contribution in [0.5, 0.6) is 0 Å². The normalized spacial score (nSPS) is 12.3. The Hall–Kier alpha value is -1.64. The van der Waals surface area contributed by atoms with Gasteiger partial charge in [-0.3, -0.25) is 0 Å². The van der Waals surface area contributed by atoms with Crippen molar-refractivity contribution >= 4 is 57.1 Å². The van der Waals surface area contributed by atoms with Crippen LogP contribution in [-0.2, 0) is 19.1 Å². The van der Waals surface area contributed by atoms with Gasteiger partial charge in [-0.2, -0.15) is 0 Å². The molecule has 28 heavy (non-hydrogen) atoms. The molecule has 0 amide bonds. The standard InChI is InChI=1S/C20H20Cl2INO4/c1-3-27-18(25)20(21,19(26)28-4-2)17(15-11-7-5-8-12-15)24-23(22)16-13-9-6-10-14-16/h5-14H,3-4H2,1-2H3/b24-17-. The maximum atomic E-state index is 12.8. The molecular weight excluding hydrogens is 516 g/mol. The molecule has 0 spiro atoms. The zero-order valence-electron chi connectivity index (χ0n) is 15.4. The molecule has 0 unspecified atom stereocenters. The van der Waals surface area contributed by atoms with Gasteiger partial charge in [0.2, 0.25) is 0 Å². The van der Waals surface area contributed by atoms with Crippen molar-refractivity contribution in [1.29, 1.82) is 0 Å². The Kier molecular flexibility index (Phi) is 8.72. The van der Waals surface area contributed by atoms with Crippen molar-refractivity contribution in [2.45, 2.75) is 18.7 Å². The van der Waals surface area contributed by atoms with E-state index in [1.54, 1.807) is 44.2 Å². The second-order valence-electron chi connectivity index (χ2n) is 5.41. The monoisotopic (exact) mass is 535 g/mol. The van der Waals surface area contributed by atoms with E-state index in [0.717, 1.165) is 3.57 Å². The number of alkyl halides is 1. The summed E-state index contributed by atoms with van der Waals surface area (Å²) in [5, 5.41) is 0. The summed E-state index contributed by atoms with van der Waals surface area (Å²) < 4.78 is 15.6. The van der Waals surface area contributed by atoms with Gasteiger partial charge >= 0.3 is 181 Å². The van der Waals surface area contributed by atoms with E-state index in [2.05, 4.69) is 3.21 Å². The van der Waals surface area contributed by atoms with Crippen molar-refractivity contribution in [3.05, 3.63) is 69.8 Å². The number of hydrogen-bond donors (Lipinski definition) is 0. The average molecular weight is 536 g/mol. The molecule has 0 aliphatic carbocycles. The zero-order valence-corrected chi connectivity index (χ0v) is 19.1. The fraction of sp³-hybridized carbons (Fsp3) is 0.250. The van der Waals surface area contributed by atoms with E-state index in [4.69, 9.17) is 30.0 Å². The molecule has 2 aromatic rings. The molecule has 150 valence electrons. The van der Waals surface area contributed by atoms with Crippen LogP contribution < -0.4 is 0 Å². The third-order valence-corrected chi connectivity index (χ3v) is 8.23. The topological polar surface area (TPSA) is 65.0 Å². The second kappa shape index (κ2) is 10.8. The summed E-state index contributed by atoms with van der Waals surface area (Å²) in [4.78, 5) is 23.3. The molecule has 0 aliphatic rings. The summed E-state index contributed by atoms with van der Waals surface area (Å²) in [7, 11) is 6.63. The van der Waals surface area contributed by atoms with Crippen molar-refractivity contribution in [3.63, 3.8) is 0 Å². The van der Waals surface area contributed by atoms with E-state index in [1.807, 2.05) is 30.3 Å². The first-order valence-corrected chi connectivity index (χ1v) is 13.7. The van der Waals surface area contributed by atoms with E-state index >= 15 is 0 Å². The van der Waals surface area contributed by atoms with Crippen LogP contribution in [0.25, 0.3) is 0 Å². The van der Waals surface area contributed by atoms with Gasteiger partial charge in [0.1, 0.15) is 0 Å². The molecule has 0 N–H and O–H groups in total. The van der Waals surface area contributed by atoms with Crippen molar-refractivity contribution in [1.82, 2.24) is 0 Å². The molecule has 0 aromatic heterocycles. The summed E-state index contributed by atoms with van der Waals surface area (Å²) in [6.45, 7) is 3.36. The van der Waals surface area contributed by atoms with E-state index in [0.29, 0.717) is 5.56 Å². The van der Waals surface area contributed by atoms with E-state index in [9.17, 15) is 9.59 Å². The van der Waals surface area contributed by atoms with Gasteiger partial charge in [0.15, 0.2) is 0 Å². The van der Waals surface area contributed by atoms with Crippen LogP contribution >= 0.6 is 39.5 Å². The molecular formula is C20H20Cl2INO4. The fourth-order valence-corrected chi connectivity index (χ4v) is 6.10. The third kappa shape index (κ3) is 5.24. The van der Waals surface area contributed by atoms with Gasteiger partial charge in [-0.25, -0.2) is 0 Å². The SMILES string of the molecule is CCOC(=O)C(Cl)(C(=O)OCC)/C(=N\I(Cl)c1ccccc1)c1ccccc1. The van der Waals surface area contributed by atoms with Crippen LogP contribution in [0.2, 0.25) is 0 Å². The second-order valence-corrected chi connectivity index (χ2v) is 10.8. The number of carbonyl (C=O) groups is 2. The molecule has 0 bridgehead atoms. The molecule has 0 radical (unpaired) electrons. The maximum absolute atomic E-state index is 12.8. The first-order chi connectivity index (χ1) is 13.4. The Morgan fingerprint density at radius 3 is 1.86 bits per heavy atom. The Bertz CT molecular complexity index is 813. The molecule has 0 saturated carbocycles. The molecule has 0 aliphatic heterocycles. The molecule has 5 nitrogen and oxygen atoms in total. The van der Waals surface area contributed by atoms with Gasteiger partial charge in [-0.05, 0) is 0 Å². The van der Waals surface area contributed by atoms with Crippen molar-refractivity contribution in [2.24, 2.45) is 3.21 Å². The molecule has 0 heterocycles. The molecule has 2 aromatic carbocycles. The third-order valence-electron chi connectivity index (χ3n) is 3.56. The summed E-state index contributed by atoms with van der Waals surface area (Å²) >= 11 is 3.96. The predicted octanol–water partition coefficient (Wildman–Crippen LogP) is 5.02. The van der Waals surface area contributed by atoms with Crippen LogP contribution in [0.4, 0.5) is 0 Å². The van der Waals surface area contributed by atoms with E-state index in [1.165, 1.54) is 0 Å². The van der Waals surface area contributed by atoms with Crippen molar-refractivity contribution < 1.29 is 19.1 Å². The summed E-state index contributed by atoms with van der Waals surface area (Å²) in [5.41, 5.74) is 0.535. The summed E-state index contributed by atoms with van der Waals surface area (Å²) in [5.74, 6) is -1.88. The number of carbonyl (C=O) groups excluding carboxylic acids is 2. The zero-order chi connectivity index (χ0) is 20.6. The van der Waals surface area contributed by atoms with Crippen LogP contribution in [0, 0.1) is 3.57 Å². The van der Waals surface area contributed by atoms with Crippen LogP contribution in [0.3, 0.4) is 0 Å². The van der Waals surface area contributed by atoms with E-state index in [-0.39, 0.29) is 18.9 Å². The first-order valence-electron chi connectivity index (χ1n) is 8.54. The van der Waals surface area contributed by atoms with Gasteiger partial charge in [-0.1, -0.05) is 0 Å². The Morgan fingerprint density at radius 1 is 0.929 bits per heavy atom. The molecule has 0 atom stereocenters. The number of nitrogens with zero attached hydrogens (tertiary/aromatic N) is 1. The minimum absolute atomic E-state index is 0.0377. The van der Waals surface area contributed by atoms with Crippen LogP contribution in [0.1, 0.15) is 19.4 Å². The Balaban J connectivity index is 2.65. The van der Waals surface area contributed by atoms with Gasteiger partial charge in [0, 0.05) is 0 Å². The Morgan fingerprint density at radius 2 is 1.39 bits per heavy atom.